The first-order valence-electron chi connectivity index (χ1n) is 6.58. The number of thioether (sulfide) groups is 1. The van der Waals surface area contributed by atoms with Crippen LogP contribution in [-0.4, -0.2) is 23.6 Å². The van der Waals surface area contributed by atoms with Gasteiger partial charge >= 0.3 is 6.18 Å². The van der Waals surface area contributed by atoms with Gasteiger partial charge in [0.2, 0.25) is 5.91 Å². The Morgan fingerprint density at radius 3 is 2.33 bits per heavy atom. The van der Waals surface area contributed by atoms with Crippen molar-refractivity contribution >= 4 is 33.6 Å². The van der Waals surface area contributed by atoms with Gasteiger partial charge in [0, 0.05) is 10.4 Å². The molecule has 7 heteroatoms. The van der Waals surface area contributed by atoms with Gasteiger partial charge in [0.05, 0.1) is 0 Å². The number of carbonyl (C=O) groups excluding carboxylic acids is 1. The van der Waals surface area contributed by atoms with E-state index in [1.54, 1.807) is 11.8 Å². The minimum absolute atomic E-state index is 0.0456. The lowest BCUT2D eigenvalue weighted by Gasteiger charge is -2.26. The Morgan fingerprint density at radius 2 is 1.81 bits per heavy atom. The van der Waals surface area contributed by atoms with Crippen LogP contribution in [-0.2, 0) is 4.79 Å². The first-order valence-corrected chi connectivity index (χ1v) is 8.53. The van der Waals surface area contributed by atoms with E-state index in [4.69, 9.17) is 0 Å². The fourth-order valence-corrected chi connectivity index (χ4v) is 3.60. The van der Waals surface area contributed by atoms with Gasteiger partial charge in [-0.3, -0.25) is 4.79 Å². The summed E-state index contributed by atoms with van der Waals surface area (Å²) in [6, 6.07) is 3.88. The molecule has 0 saturated carbocycles. The molecule has 1 aliphatic rings. The molecule has 0 bridgehead atoms. The van der Waals surface area contributed by atoms with Crippen LogP contribution in [0.1, 0.15) is 24.4 Å². The lowest BCUT2D eigenvalue weighted by atomic mass is 10.00. The zero-order valence-corrected chi connectivity index (χ0v) is 13.5. The Labute approximate surface area is 134 Å². The summed E-state index contributed by atoms with van der Waals surface area (Å²) in [4.78, 5) is 12.1. The van der Waals surface area contributed by atoms with Crippen molar-refractivity contribution in [3.8, 4) is 0 Å². The van der Waals surface area contributed by atoms with Crippen molar-refractivity contribution < 1.29 is 18.0 Å². The summed E-state index contributed by atoms with van der Waals surface area (Å²) in [5, 5.41) is 2.17. The van der Waals surface area contributed by atoms with Gasteiger partial charge in [-0.25, -0.2) is 0 Å². The van der Waals surface area contributed by atoms with Crippen molar-refractivity contribution in [3.05, 3.63) is 34.3 Å². The minimum Gasteiger partial charge on any atom is -0.341 e. The van der Waals surface area contributed by atoms with Crippen molar-refractivity contribution in [3.63, 3.8) is 0 Å². The van der Waals surface area contributed by atoms with Crippen LogP contribution in [0.25, 0.3) is 0 Å². The first-order chi connectivity index (χ1) is 9.88. The number of alkyl halides is 3. The maximum absolute atomic E-state index is 13.2. The minimum atomic E-state index is -4.51. The average molecular weight is 382 g/mol. The maximum atomic E-state index is 13.2. The molecule has 1 atom stereocenters. The van der Waals surface area contributed by atoms with Crippen LogP contribution in [0.5, 0.6) is 0 Å². The van der Waals surface area contributed by atoms with Crippen LogP contribution >= 0.6 is 27.7 Å². The summed E-state index contributed by atoms with van der Waals surface area (Å²) in [5.41, 5.74) is 0.0456. The Kier molecular flexibility index (Phi) is 5.60. The second kappa shape index (κ2) is 7.05. The number of nitrogens with one attached hydrogen (secondary N) is 1. The van der Waals surface area contributed by atoms with E-state index < -0.39 is 18.1 Å². The Hall–Kier alpha value is -0.690. The van der Waals surface area contributed by atoms with Crippen molar-refractivity contribution in [1.29, 1.82) is 0 Å². The summed E-state index contributed by atoms with van der Waals surface area (Å²) in [6.45, 7) is 0. The van der Waals surface area contributed by atoms with Gasteiger partial charge in [-0.05, 0) is 42.0 Å². The Morgan fingerprint density at radius 1 is 1.24 bits per heavy atom. The molecule has 2 rings (SSSR count). The number of amides is 1. The quantitative estimate of drug-likeness (QED) is 0.844. The largest absolute Gasteiger partial charge is 0.412 e. The molecule has 2 nitrogen and oxygen atoms in total. The monoisotopic (exact) mass is 381 g/mol. The highest BCUT2D eigenvalue weighted by molar-refractivity contribution is 9.10. The van der Waals surface area contributed by atoms with E-state index in [2.05, 4.69) is 21.2 Å². The fraction of sp³-hybridized carbons (Fsp3) is 0.500. The normalized spacial score (nSPS) is 18.3. The van der Waals surface area contributed by atoms with Gasteiger partial charge in [-0.15, -0.1) is 0 Å². The molecule has 1 saturated heterocycles. The highest BCUT2D eigenvalue weighted by Gasteiger charge is 2.42. The van der Waals surface area contributed by atoms with Crippen molar-refractivity contribution in [2.24, 2.45) is 5.92 Å². The SMILES string of the molecule is O=C(N[C@@H](c1ccc(Br)cc1)C(F)(F)F)C1CCSCC1. The third kappa shape index (κ3) is 4.64. The van der Waals surface area contributed by atoms with Crippen LogP contribution in [0, 0.1) is 5.92 Å². The highest BCUT2D eigenvalue weighted by atomic mass is 79.9. The third-order valence-corrected chi connectivity index (χ3v) is 4.99. The van der Waals surface area contributed by atoms with Crippen LogP contribution < -0.4 is 5.32 Å². The molecular weight excluding hydrogens is 367 g/mol. The van der Waals surface area contributed by atoms with E-state index in [1.165, 1.54) is 24.3 Å². The zero-order valence-electron chi connectivity index (χ0n) is 11.1. The predicted octanol–water partition coefficient (Wildman–Crippen LogP) is 4.31. The molecular formula is C14H15BrF3NOS. The first kappa shape index (κ1) is 16.7. The number of benzene rings is 1. The van der Waals surface area contributed by atoms with Crippen molar-refractivity contribution in [2.75, 3.05) is 11.5 Å². The molecule has 1 fully saturated rings. The fourth-order valence-electron chi connectivity index (χ4n) is 2.23. The second-order valence-electron chi connectivity index (χ2n) is 4.92. The van der Waals surface area contributed by atoms with Crippen molar-refractivity contribution in [2.45, 2.75) is 25.1 Å². The molecule has 0 radical (unpaired) electrons. The lowest BCUT2D eigenvalue weighted by Crippen LogP contribution is -2.41. The topological polar surface area (TPSA) is 29.1 Å². The number of rotatable bonds is 3. The summed E-state index contributed by atoms with van der Waals surface area (Å²) in [6.07, 6.45) is -3.23. The van der Waals surface area contributed by atoms with E-state index in [0.29, 0.717) is 17.3 Å². The third-order valence-electron chi connectivity index (χ3n) is 3.41. The average Bonchev–Trinajstić information content (AvgIpc) is 2.45. The molecule has 1 aromatic carbocycles. The number of halogens is 4. The summed E-state index contributed by atoms with van der Waals surface area (Å²) < 4.78 is 40.3. The molecule has 0 aliphatic carbocycles. The van der Waals surface area contributed by atoms with Crippen LogP contribution in [0.15, 0.2) is 28.7 Å². The maximum Gasteiger partial charge on any atom is 0.412 e. The molecule has 1 heterocycles. The molecule has 21 heavy (non-hydrogen) atoms. The number of hydrogen-bond acceptors (Lipinski definition) is 2. The number of carbonyl (C=O) groups is 1. The zero-order chi connectivity index (χ0) is 15.5. The van der Waals surface area contributed by atoms with Crippen LogP contribution in [0.3, 0.4) is 0 Å². The van der Waals surface area contributed by atoms with Crippen molar-refractivity contribution in [1.82, 2.24) is 5.32 Å². The molecule has 1 aromatic rings. The van der Waals surface area contributed by atoms with E-state index >= 15 is 0 Å². The summed E-state index contributed by atoms with van der Waals surface area (Å²) >= 11 is 4.92. The van der Waals surface area contributed by atoms with Gasteiger partial charge in [0.1, 0.15) is 0 Å². The standard InChI is InChI=1S/C14H15BrF3NOS/c15-11-3-1-9(2-4-11)12(14(16,17)18)19-13(20)10-5-7-21-8-6-10/h1-4,10,12H,5-8H2,(H,19,20)/t12-/m0/s1. The lowest BCUT2D eigenvalue weighted by molar-refractivity contribution is -0.164. The molecule has 0 unspecified atom stereocenters. The molecule has 0 aromatic heterocycles. The summed E-state index contributed by atoms with van der Waals surface area (Å²) in [5.74, 6) is 0.840. The molecule has 1 N–H and O–H groups in total. The molecule has 1 aliphatic heterocycles. The van der Waals surface area contributed by atoms with E-state index in [1.807, 2.05) is 0 Å². The van der Waals surface area contributed by atoms with E-state index in [9.17, 15) is 18.0 Å². The van der Waals surface area contributed by atoms with Gasteiger partial charge < -0.3 is 5.32 Å². The molecule has 1 amide bonds. The summed E-state index contributed by atoms with van der Waals surface area (Å²) in [7, 11) is 0. The molecule has 0 spiro atoms. The van der Waals surface area contributed by atoms with Crippen LogP contribution in [0.4, 0.5) is 13.2 Å². The van der Waals surface area contributed by atoms with Gasteiger partial charge in [-0.2, -0.15) is 24.9 Å². The highest BCUT2D eigenvalue weighted by Crippen LogP contribution is 2.34. The van der Waals surface area contributed by atoms with Gasteiger partial charge in [-0.1, -0.05) is 28.1 Å². The van der Waals surface area contributed by atoms with Crippen LogP contribution in [0.2, 0.25) is 0 Å². The second-order valence-corrected chi connectivity index (χ2v) is 7.06. The number of hydrogen-bond donors (Lipinski definition) is 1. The Balaban J connectivity index is 2.13. The predicted molar refractivity (Wildman–Crippen MR) is 81.1 cm³/mol. The smallest absolute Gasteiger partial charge is 0.341 e. The van der Waals surface area contributed by atoms with E-state index in [0.717, 1.165) is 11.5 Å². The molecule has 116 valence electrons. The Bertz CT molecular complexity index is 486. The van der Waals surface area contributed by atoms with Gasteiger partial charge in [0.25, 0.3) is 0 Å². The van der Waals surface area contributed by atoms with Gasteiger partial charge in [0.15, 0.2) is 6.04 Å². The van der Waals surface area contributed by atoms with E-state index in [-0.39, 0.29) is 11.5 Å².